The first-order chi connectivity index (χ1) is 7.52. The predicted molar refractivity (Wildman–Crippen MR) is 74.1 cm³/mol. The molecule has 1 rings (SSSR count). The molecule has 0 unspecified atom stereocenters. The normalized spacial score (nSPS) is 11.0. The number of hydrogen-bond acceptors (Lipinski definition) is 2. The fourth-order valence-electron chi connectivity index (χ4n) is 1.50. The van der Waals surface area contributed by atoms with E-state index in [1.807, 2.05) is 39.0 Å². The average Bonchev–Trinajstić information content (AvgIpc) is 2.23. The maximum Gasteiger partial charge on any atom is 0.0391 e. The number of hydrogen-bond donors (Lipinski definition) is 2. The van der Waals surface area contributed by atoms with Crippen LogP contribution in [-0.2, 0) is 0 Å². The van der Waals surface area contributed by atoms with Crippen molar-refractivity contribution in [2.45, 2.75) is 40.5 Å². The van der Waals surface area contributed by atoms with Gasteiger partial charge in [-0.2, -0.15) is 0 Å². The topological polar surface area (TPSA) is 52.0 Å². The SMILES string of the molecule is C/C(N)=C/c1c(N)cccc1C(C)C.CC. The summed E-state index contributed by atoms with van der Waals surface area (Å²) in [6.07, 6.45) is 1.94. The van der Waals surface area contributed by atoms with E-state index in [1.54, 1.807) is 0 Å². The van der Waals surface area contributed by atoms with Gasteiger partial charge in [-0.1, -0.05) is 39.8 Å². The third kappa shape index (κ3) is 3.97. The molecule has 2 nitrogen and oxygen atoms in total. The molecule has 4 N–H and O–H groups in total. The van der Waals surface area contributed by atoms with Crippen molar-refractivity contribution in [3.8, 4) is 0 Å². The van der Waals surface area contributed by atoms with Crippen LogP contribution in [0.3, 0.4) is 0 Å². The first kappa shape index (κ1) is 14.6. The summed E-state index contributed by atoms with van der Waals surface area (Å²) in [5, 5.41) is 0. The van der Waals surface area contributed by atoms with Crippen LogP contribution >= 0.6 is 0 Å². The van der Waals surface area contributed by atoms with E-state index in [-0.39, 0.29) is 0 Å². The molecular formula is C14H24N2. The van der Waals surface area contributed by atoms with Crippen molar-refractivity contribution in [1.82, 2.24) is 0 Å². The maximum atomic E-state index is 5.91. The van der Waals surface area contributed by atoms with Crippen LogP contribution in [0.15, 0.2) is 23.9 Å². The summed E-state index contributed by atoms with van der Waals surface area (Å²) in [5.74, 6) is 0.462. The minimum atomic E-state index is 0.462. The highest BCUT2D eigenvalue weighted by atomic mass is 14.6. The quantitative estimate of drug-likeness (QED) is 0.746. The first-order valence-corrected chi connectivity index (χ1v) is 5.84. The molecule has 2 heteroatoms. The van der Waals surface area contributed by atoms with Gasteiger partial charge in [0.15, 0.2) is 0 Å². The first-order valence-electron chi connectivity index (χ1n) is 5.84. The van der Waals surface area contributed by atoms with E-state index < -0.39 is 0 Å². The molecule has 0 saturated carbocycles. The lowest BCUT2D eigenvalue weighted by Crippen LogP contribution is -1.99. The number of allylic oxidation sites excluding steroid dienone is 1. The lowest BCUT2D eigenvalue weighted by Gasteiger charge is -2.12. The zero-order valence-electron chi connectivity index (χ0n) is 11.0. The molecule has 0 fully saturated rings. The lowest BCUT2D eigenvalue weighted by atomic mass is 9.95. The van der Waals surface area contributed by atoms with E-state index >= 15 is 0 Å². The number of nitrogens with two attached hydrogens (primary N) is 2. The highest BCUT2D eigenvalue weighted by Crippen LogP contribution is 2.25. The summed E-state index contributed by atoms with van der Waals surface area (Å²) in [7, 11) is 0. The van der Waals surface area contributed by atoms with E-state index in [0.29, 0.717) is 5.92 Å². The van der Waals surface area contributed by atoms with Crippen LogP contribution in [0.1, 0.15) is 51.7 Å². The smallest absolute Gasteiger partial charge is 0.0391 e. The van der Waals surface area contributed by atoms with Crippen LogP contribution in [0.5, 0.6) is 0 Å². The van der Waals surface area contributed by atoms with Gasteiger partial charge in [0, 0.05) is 16.9 Å². The minimum absolute atomic E-state index is 0.462. The van der Waals surface area contributed by atoms with E-state index in [0.717, 1.165) is 16.9 Å². The van der Waals surface area contributed by atoms with Crippen molar-refractivity contribution < 1.29 is 0 Å². The van der Waals surface area contributed by atoms with E-state index in [2.05, 4.69) is 19.9 Å². The van der Waals surface area contributed by atoms with Gasteiger partial charge in [0.05, 0.1) is 0 Å². The van der Waals surface area contributed by atoms with Crippen LogP contribution in [0.4, 0.5) is 5.69 Å². The van der Waals surface area contributed by atoms with Crippen molar-refractivity contribution >= 4 is 11.8 Å². The second kappa shape index (κ2) is 6.94. The predicted octanol–water partition coefficient (Wildman–Crippen LogP) is 3.74. The molecule has 0 saturated heterocycles. The molecule has 0 atom stereocenters. The summed E-state index contributed by atoms with van der Waals surface area (Å²) < 4.78 is 0. The minimum Gasteiger partial charge on any atom is -0.402 e. The summed E-state index contributed by atoms with van der Waals surface area (Å²) in [4.78, 5) is 0. The molecule has 1 aromatic carbocycles. The molecule has 0 heterocycles. The monoisotopic (exact) mass is 220 g/mol. The molecule has 0 aliphatic heterocycles. The van der Waals surface area contributed by atoms with Gasteiger partial charge >= 0.3 is 0 Å². The van der Waals surface area contributed by atoms with E-state index in [4.69, 9.17) is 11.5 Å². The molecule has 0 aromatic heterocycles. The molecule has 0 amide bonds. The van der Waals surface area contributed by atoms with Crippen LogP contribution < -0.4 is 11.5 Å². The second-order valence-electron chi connectivity index (χ2n) is 3.89. The fourth-order valence-corrected chi connectivity index (χ4v) is 1.50. The summed E-state index contributed by atoms with van der Waals surface area (Å²) >= 11 is 0. The van der Waals surface area contributed by atoms with Crippen LogP contribution in [0.25, 0.3) is 6.08 Å². The summed E-state index contributed by atoms with van der Waals surface area (Å²) in [6, 6.07) is 5.98. The third-order valence-corrected chi connectivity index (χ3v) is 2.17. The standard InChI is InChI=1S/C12H18N2.C2H6/c1-8(2)10-5-4-6-12(14)11(10)7-9(3)13;1-2/h4-8H,13-14H2,1-3H3;1-2H3/b9-7-;. The van der Waals surface area contributed by atoms with Gasteiger partial charge in [-0.15, -0.1) is 0 Å². The Hall–Kier alpha value is -1.44. The van der Waals surface area contributed by atoms with Crippen molar-refractivity contribution in [2.24, 2.45) is 5.73 Å². The van der Waals surface area contributed by atoms with Crippen LogP contribution in [0, 0.1) is 0 Å². The molecule has 1 aromatic rings. The van der Waals surface area contributed by atoms with Crippen LogP contribution in [-0.4, -0.2) is 0 Å². The Bertz CT molecular complexity index is 348. The van der Waals surface area contributed by atoms with Gasteiger partial charge < -0.3 is 11.5 Å². The van der Waals surface area contributed by atoms with Crippen LogP contribution in [0.2, 0.25) is 0 Å². The van der Waals surface area contributed by atoms with E-state index in [9.17, 15) is 0 Å². The molecule has 90 valence electrons. The van der Waals surface area contributed by atoms with Gasteiger partial charge in [0.25, 0.3) is 0 Å². The Morgan fingerprint density at radius 2 is 1.81 bits per heavy atom. The molecule has 0 aliphatic rings. The molecule has 0 bridgehead atoms. The Balaban J connectivity index is 0.00000106. The van der Waals surface area contributed by atoms with Crippen molar-refractivity contribution in [1.29, 1.82) is 0 Å². The zero-order valence-corrected chi connectivity index (χ0v) is 11.0. The van der Waals surface area contributed by atoms with Crippen molar-refractivity contribution in [3.63, 3.8) is 0 Å². The van der Waals surface area contributed by atoms with Gasteiger partial charge in [-0.25, -0.2) is 0 Å². The van der Waals surface area contributed by atoms with Gasteiger partial charge in [-0.3, -0.25) is 0 Å². The number of nitrogen functional groups attached to an aromatic ring is 1. The molecule has 0 radical (unpaired) electrons. The number of anilines is 1. The summed E-state index contributed by atoms with van der Waals surface area (Å²) in [6.45, 7) is 10.2. The average molecular weight is 220 g/mol. The fraction of sp³-hybridized carbons (Fsp3) is 0.429. The Morgan fingerprint density at radius 1 is 1.25 bits per heavy atom. The van der Waals surface area contributed by atoms with Gasteiger partial charge in [0.1, 0.15) is 0 Å². The Morgan fingerprint density at radius 3 is 2.25 bits per heavy atom. The Labute approximate surface area is 99.3 Å². The Kier molecular flexibility index (Phi) is 6.31. The second-order valence-corrected chi connectivity index (χ2v) is 3.89. The lowest BCUT2D eigenvalue weighted by molar-refractivity contribution is 0.864. The van der Waals surface area contributed by atoms with Gasteiger partial charge in [-0.05, 0) is 30.5 Å². The molecular weight excluding hydrogens is 196 g/mol. The van der Waals surface area contributed by atoms with E-state index in [1.165, 1.54) is 5.56 Å². The highest BCUT2D eigenvalue weighted by Gasteiger charge is 2.06. The molecule has 0 spiro atoms. The number of benzene rings is 1. The highest BCUT2D eigenvalue weighted by molar-refractivity contribution is 5.69. The molecule has 0 aliphatic carbocycles. The van der Waals surface area contributed by atoms with Crippen molar-refractivity contribution in [3.05, 3.63) is 35.0 Å². The van der Waals surface area contributed by atoms with Gasteiger partial charge in [0.2, 0.25) is 0 Å². The van der Waals surface area contributed by atoms with Crippen molar-refractivity contribution in [2.75, 3.05) is 5.73 Å². The molecule has 16 heavy (non-hydrogen) atoms. The zero-order chi connectivity index (χ0) is 12.7. The summed E-state index contributed by atoms with van der Waals surface area (Å²) in [5.41, 5.74) is 15.5. The number of rotatable bonds is 2. The third-order valence-electron chi connectivity index (χ3n) is 2.17. The largest absolute Gasteiger partial charge is 0.402 e. The maximum absolute atomic E-state index is 5.91.